The summed E-state index contributed by atoms with van der Waals surface area (Å²) in [4.78, 5) is 14.3. The lowest BCUT2D eigenvalue weighted by Crippen LogP contribution is -2.64. The topological polar surface area (TPSA) is 55.6 Å². The molecule has 1 saturated heterocycles. The first kappa shape index (κ1) is 14.5. The van der Waals surface area contributed by atoms with Gasteiger partial charge in [0.2, 0.25) is 0 Å². The highest BCUT2D eigenvalue weighted by Crippen LogP contribution is 2.33. The molecule has 0 radical (unpaired) electrons. The molecule has 0 aromatic carbocycles. The Balaban J connectivity index is 2.90. The van der Waals surface area contributed by atoms with Crippen LogP contribution in [0.5, 0.6) is 0 Å². The number of carbonyl (C=O) groups excluding carboxylic acids is 1. The second-order valence-corrected chi connectivity index (χ2v) is 6.85. The van der Waals surface area contributed by atoms with Crippen molar-refractivity contribution < 1.29 is 9.53 Å². The quantitative estimate of drug-likeness (QED) is 0.713. The maximum atomic E-state index is 12.3. The number of esters is 1. The van der Waals surface area contributed by atoms with Gasteiger partial charge in [-0.3, -0.25) is 4.90 Å². The van der Waals surface area contributed by atoms with E-state index in [2.05, 4.69) is 20.8 Å². The van der Waals surface area contributed by atoms with Gasteiger partial charge >= 0.3 is 5.97 Å². The minimum atomic E-state index is -0.967. The smallest absolute Gasteiger partial charge is 0.341 e. The van der Waals surface area contributed by atoms with Crippen molar-refractivity contribution in [2.24, 2.45) is 5.73 Å². The summed E-state index contributed by atoms with van der Waals surface area (Å²) in [6.07, 6.45) is 1.60. The van der Waals surface area contributed by atoms with Gasteiger partial charge in [-0.2, -0.15) is 0 Å². The molecule has 4 nitrogen and oxygen atoms in total. The fraction of sp³-hybridized carbons (Fsp3) is 0.923. The number of nitrogens with two attached hydrogens (primary N) is 1. The number of carbonyl (C=O) groups is 1. The minimum absolute atomic E-state index is 0.123. The van der Waals surface area contributed by atoms with Crippen molar-refractivity contribution >= 4 is 5.97 Å². The SMILES string of the molecule is CC(C)(C)OC(=O)C1(N)CCCN1C(C)(C)C. The summed E-state index contributed by atoms with van der Waals surface area (Å²) in [6, 6.07) is 0. The van der Waals surface area contributed by atoms with E-state index in [1.54, 1.807) is 0 Å². The van der Waals surface area contributed by atoms with Crippen LogP contribution in [0.3, 0.4) is 0 Å². The molecule has 4 heteroatoms. The van der Waals surface area contributed by atoms with Crippen molar-refractivity contribution in [2.45, 2.75) is 71.2 Å². The van der Waals surface area contributed by atoms with E-state index >= 15 is 0 Å². The third-order valence-corrected chi connectivity index (χ3v) is 2.98. The first-order valence-electron chi connectivity index (χ1n) is 6.27. The third kappa shape index (κ3) is 3.19. The lowest BCUT2D eigenvalue weighted by molar-refractivity contribution is -0.171. The first-order chi connectivity index (χ1) is 7.47. The third-order valence-electron chi connectivity index (χ3n) is 2.98. The molecule has 1 heterocycles. The standard InChI is InChI=1S/C13H26N2O2/c1-11(2,3)15-9-7-8-13(15,14)10(16)17-12(4,5)6/h7-9,14H2,1-6H3. The van der Waals surface area contributed by atoms with Crippen LogP contribution in [-0.2, 0) is 9.53 Å². The second-order valence-electron chi connectivity index (χ2n) is 6.85. The van der Waals surface area contributed by atoms with E-state index in [0.29, 0.717) is 6.42 Å². The van der Waals surface area contributed by atoms with Gasteiger partial charge < -0.3 is 10.5 Å². The van der Waals surface area contributed by atoms with Crippen LogP contribution in [0.15, 0.2) is 0 Å². The van der Waals surface area contributed by atoms with Crippen molar-refractivity contribution in [1.29, 1.82) is 0 Å². The number of nitrogens with zero attached hydrogens (tertiary/aromatic N) is 1. The minimum Gasteiger partial charge on any atom is -0.458 e. The molecule has 1 unspecified atom stereocenters. The number of rotatable bonds is 1. The number of hydrogen-bond acceptors (Lipinski definition) is 4. The van der Waals surface area contributed by atoms with Crippen LogP contribution in [-0.4, -0.2) is 34.2 Å². The molecule has 100 valence electrons. The van der Waals surface area contributed by atoms with E-state index in [9.17, 15) is 4.79 Å². The molecule has 0 aromatic rings. The van der Waals surface area contributed by atoms with Crippen molar-refractivity contribution in [3.8, 4) is 0 Å². The largest absolute Gasteiger partial charge is 0.458 e. The Kier molecular flexibility index (Phi) is 3.61. The Morgan fingerprint density at radius 2 is 1.76 bits per heavy atom. The van der Waals surface area contributed by atoms with Crippen molar-refractivity contribution in [3.63, 3.8) is 0 Å². The predicted octanol–water partition coefficient (Wildman–Crippen LogP) is 1.88. The van der Waals surface area contributed by atoms with Crippen LogP contribution < -0.4 is 5.73 Å². The zero-order valence-electron chi connectivity index (χ0n) is 12.0. The van der Waals surface area contributed by atoms with E-state index in [0.717, 1.165) is 13.0 Å². The van der Waals surface area contributed by atoms with Gasteiger partial charge in [-0.1, -0.05) is 0 Å². The lowest BCUT2D eigenvalue weighted by Gasteiger charge is -2.42. The second kappa shape index (κ2) is 4.25. The number of hydrogen-bond donors (Lipinski definition) is 1. The average Bonchev–Trinajstić information content (AvgIpc) is 2.44. The molecule has 1 fully saturated rings. The lowest BCUT2D eigenvalue weighted by atomic mass is 10.0. The monoisotopic (exact) mass is 242 g/mol. The van der Waals surface area contributed by atoms with Gasteiger partial charge in [-0.15, -0.1) is 0 Å². The highest BCUT2D eigenvalue weighted by atomic mass is 16.6. The van der Waals surface area contributed by atoms with Gasteiger partial charge in [0, 0.05) is 12.1 Å². The molecule has 0 amide bonds. The van der Waals surface area contributed by atoms with Crippen molar-refractivity contribution in [2.75, 3.05) is 6.54 Å². The van der Waals surface area contributed by atoms with Crippen LogP contribution in [0, 0.1) is 0 Å². The molecular weight excluding hydrogens is 216 g/mol. The van der Waals surface area contributed by atoms with Gasteiger partial charge in [-0.05, 0) is 54.4 Å². The normalized spacial score (nSPS) is 27.2. The van der Waals surface area contributed by atoms with E-state index in [1.807, 2.05) is 25.7 Å². The van der Waals surface area contributed by atoms with Crippen molar-refractivity contribution in [1.82, 2.24) is 4.90 Å². The van der Waals surface area contributed by atoms with Crippen LogP contribution in [0.1, 0.15) is 54.4 Å². The maximum absolute atomic E-state index is 12.3. The average molecular weight is 242 g/mol. The Morgan fingerprint density at radius 1 is 1.24 bits per heavy atom. The van der Waals surface area contributed by atoms with E-state index in [1.165, 1.54) is 0 Å². The summed E-state index contributed by atoms with van der Waals surface area (Å²) in [5, 5.41) is 0. The maximum Gasteiger partial charge on any atom is 0.341 e. The van der Waals surface area contributed by atoms with Crippen LogP contribution in [0.2, 0.25) is 0 Å². The Morgan fingerprint density at radius 3 is 2.18 bits per heavy atom. The van der Waals surface area contributed by atoms with Crippen molar-refractivity contribution in [3.05, 3.63) is 0 Å². The molecule has 0 aliphatic carbocycles. The van der Waals surface area contributed by atoms with Gasteiger partial charge in [0.1, 0.15) is 5.60 Å². The van der Waals surface area contributed by atoms with Crippen LogP contribution in [0.25, 0.3) is 0 Å². The summed E-state index contributed by atoms with van der Waals surface area (Å²) in [5.41, 5.74) is 4.71. The summed E-state index contributed by atoms with van der Waals surface area (Å²) in [6.45, 7) is 12.7. The summed E-state index contributed by atoms with van der Waals surface area (Å²) in [7, 11) is 0. The van der Waals surface area contributed by atoms with E-state index in [4.69, 9.17) is 10.5 Å². The summed E-state index contributed by atoms with van der Waals surface area (Å²) >= 11 is 0. The summed E-state index contributed by atoms with van der Waals surface area (Å²) < 4.78 is 5.44. The van der Waals surface area contributed by atoms with Crippen LogP contribution in [0.4, 0.5) is 0 Å². The predicted molar refractivity (Wildman–Crippen MR) is 68.5 cm³/mol. The zero-order chi connectivity index (χ0) is 13.5. The molecule has 0 spiro atoms. The fourth-order valence-electron chi connectivity index (χ4n) is 2.35. The highest BCUT2D eigenvalue weighted by molar-refractivity contribution is 5.81. The fourth-order valence-corrected chi connectivity index (χ4v) is 2.35. The highest BCUT2D eigenvalue weighted by Gasteiger charge is 2.50. The Bertz CT molecular complexity index is 302. The number of ether oxygens (including phenoxy) is 1. The van der Waals surface area contributed by atoms with Crippen LogP contribution >= 0.6 is 0 Å². The molecule has 0 bridgehead atoms. The first-order valence-corrected chi connectivity index (χ1v) is 6.27. The van der Waals surface area contributed by atoms with Gasteiger partial charge in [-0.25, -0.2) is 4.79 Å². The molecular formula is C13H26N2O2. The zero-order valence-corrected chi connectivity index (χ0v) is 12.0. The molecule has 17 heavy (non-hydrogen) atoms. The molecule has 0 aromatic heterocycles. The molecule has 1 atom stereocenters. The molecule has 0 saturated carbocycles. The molecule has 1 rings (SSSR count). The molecule has 1 aliphatic heterocycles. The van der Waals surface area contributed by atoms with Gasteiger partial charge in [0.15, 0.2) is 5.66 Å². The van der Waals surface area contributed by atoms with Gasteiger partial charge in [0.05, 0.1) is 0 Å². The Labute approximate surface area is 104 Å². The molecule has 1 aliphatic rings. The number of likely N-dealkylation sites (tertiary alicyclic amines) is 1. The van der Waals surface area contributed by atoms with E-state index in [-0.39, 0.29) is 11.5 Å². The molecule has 2 N–H and O–H groups in total. The van der Waals surface area contributed by atoms with Gasteiger partial charge in [0.25, 0.3) is 0 Å². The van der Waals surface area contributed by atoms with E-state index < -0.39 is 11.3 Å². The Hall–Kier alpha value is -0.610. The summed E-state index contributed by atoms with van der Waals surface area (Å²) in [5.74, 6) is -0.308.